The van der Waals surface area contributed by atoms with E-state index in [0.29, 0.717) is 5.82 Å². The van der Waals surface area contributed by atoms with Crippen LogP contribution >= 0.6 is 0 Å². The first-order chi connectivity index (χ1) is 11.1. The first-order valence-electron chi connectivity index (χ1n) is 7.61. The molecule has 1 aliphatic rings. The minimum absolute atomic E-state index is 0.221. The normalized spacial score (nSPS) is 16.1. The lowest BCUT2D eigenvalue weighted by Crippen LogP contribution is -2.46. The molecule has 0 unspecified atom stereocenters. The van der Waals surface area contributed by atoms with E-state index < -0.39 is 6.43 Å². The molecule has 2 aromatic rings. The molecule has 7 heteroatoms. The Labute approximate surface area is 134 Å². The minimum atomic E-state index is -2.56. The van der Waals surface area contributed by atoms with Crippen LogP contribution in [-0.4, -0.2) is 46.0 Å². The number of pyridine rings is 1. The lowest BCUT2D eigenvalue weighted by molar-refractivity contribution is 0.146. The van der Waals surface area contributed by atoms with Gasteiger partial charge in [0.2, 0.25) is 0 Å². The van der Waals surface area contributed by atoms with E-state index >= 15 is 0 Å². The summed E-state index contributed by atoms with van der Waals surface area (Å²) in [7, 11) is 0. The highest BCUT2D eigenvalue weighted by molar-refractivity contribution is 5.39. The van der Waals surface area contributed by atoms with Gasteiger partial charge in [0.25, 0.3) is 6.43 Å². The number of nitrogens with zero attached hydrogens (tertiary/aromatic N) is 5. The van der Waals surface area contributed by atoms with E-state index in [2.05, 4.69) is 32.8 Å². The molecule has 1 fully saturated rings. The van der Waals surface area contributed by atoms with Crippen molar-refractivity contribution in [3.8, 4) is 0 Å². The molecule has 0 spiro atoms. The van der Waals surface area contributed by atoms with Gasteiger partial charge in [0.15, 0.2) is 0 Å². The van der Waals surface area contributed by atoms with E-state index in [1.54, 1.807) is 0 Å². The summed E-state index contributed by atoms with van der Waals surface area (Å²) in [5, 5.41) is 0. The van der Waals surface area contributed by atoms with Gasteiger partial charge in [0.05, 0.1) is 5.69 Å². The van der Waals surface area contributed by atoms with Gasteiger partial charge in [-0.3, -0.25) is 9.88 Å². The molecule has 0 aliphatic carbocycles. The molecule has 0 N–H and O–H groups in total. The minimum Gasteiger partial charge on any atom is -0.354 e. The third-order valence-electron chi connectivity index (χ3n) is 4.08. The third-order valence-corrected chi connectivity index (χ3v) is 4.08. The van der Waals surface area contributed by atoms with Crippen molar-refractivity contribution in [2.45, 2.75) is 19.9 Å². The van der Waals surface area contributed by atoms with E-state index in [1.807, 2.05) is 17.2 Å². The summed E-state index contributed by atoms with van der Waals surface area (Å²) in [6.45, 7) is 6.09. The van der Waals surface area contributed by atoms with E-state index in [1.165, 1.54) is 18.0 Å². The van der Waals surface area contributed by atoms with Crippen molar-refractivity contribution in [2.75, 3.05) is 31.1 Å². The average molecular weight is 319 g/mol. The highest BCUT2D eigenvalue weighted by Crippen LogP contribution is 2.21. The molecule has 3 heterocycles. The maximum absolute atomic E-state index is 12.7. The van der Waals surface area contributed by atoms with Crippen molar-refractivity contribution in [3.05, 3.63) is 47.7 Å². The summed E-state index contributed by atoms with van der Waals surface area (Å²) >= 11 is 0. The molecule has 0 amide bonds. The lowest BCUT2D eigenvalue weighted by Gasteiger charge is -2.35. The molecule has 0 aromatic carbocycles. The van der Waals surface area contributed by atoms with Crippen LogP contribution in [0.25, 0.3) is 0 Å². The summed E-state index contributed by atoms with van der Waals surface area (Å²) < 4.78 is 25.5. The van der Waals surface area contributed by atoms with Crippen LogP contribution in [0.1, 0.15) is 23.4 Å². The Kier molecular flexibility index (Phi) is 4.76. The fourth-order valence-electron chi connectivity index (χ4n) is 2.68. The fourth-order valence-corrected chi connectivity index (χ4v) is 2.68. The summed E-state index contributed by atoms with van der Waals surface area (Å²) in [6.07, 6.45) is 0.455. The standard InChI is InChI=1S/C16H19F2N5/c1-12-3-2-4-19-14(12)10-22-5-7-23(8-6-22)15-9-13(16(17)18)20-11-21-15/h2-4,9,11,16H,5-8,10H2,1H3. The van der Waals surface area contributed by atoms with Crippen LogP contribution in [0.2, 0.25) is 0 Å². The number of aromatic nitrogens is 3. The van der Waals surface area contributed by atoms with Crippen molar-refractivity contribution < 1.29 is 8.78 Å². The summed E-state index contributed by atoms with van der Waals surface area (Å²) in [5.41, 5.74) is 2.05. The zero-order valence-corrected chi connectivity index (χ0v) is 13.0. The number of rotatable bonds is 4. The summed E-state index contributed by atoms with van der Waals surface area (Å²) in [6, 6.07) is 5.38. The second-order valence-corrected chi connectivity index (χ2v) is 5.63. The van der Waals surface area contributed by atoms with Gasteiger partial charge in [-0.15, -0.1) is 0 Å². The lowest BCUT2D eigenvalue weighted by atomic mass is 10.2. The Morgan fingerprint density at radius 2 is 1.91 bits per heavy atom. The molecular weight excluding hydrogens is 300 g/mol. The smallest absolute Gasteiger partial charge is 0.280 e. The molecule has 1 aliphatic heterocycles. The highest BCUT2D eigenvalue weighted by atomic mass is 19.3. The molecule has 122 valence electrons. The predicted molar refractivity (Wildman–Crippen MR) is 83.5 cm³/mol. The second kappa shape index (κ2) is 6.95. The van der Waals surface area contributed by atoms with Crippen LogP contribution < -0.4 is 4.90 Å². The molecule has 1 saturated heterocycles. The van der Waals surface area contributed by atoms with Crippen molar-refractivity contribution >= 4 is 5.82 Å². The van der Waals surface area contributed by atoms with Crippen molar-refractivity contribution in [3.63, 3.8) is 0 Å². The Hall–Kier alpha value is -2.15. The molecule has 2 aromatic heterocycles. The van der Waals surface area contributed by atoms with E-state index in [-0.39, 0.29) is 5.69 Å². The summed E-state index contributed by atoms with van der Waals surface area (Å²) in [5.74, 6) is 0.573. The largest absolute Gasteiger partial charge is 0.354 e. The molecule has 3 rings (SSSR count). The highest BCUT2D eigenvalue weighted by Gasteiger charge is 2.20. The van der Waals surface area contributed by atoms with Crippen molar-refractivity contribution in [1.82, 2.24) is 19.9 Å². The number of halogens is 2. The van der Waals surface area contributed by atoms with Crippen LogP contribution in [0, 0.1) is 6.92 Å². The number of alkyl halides is 2. The number of anilines is 1. The van der Waals surface area contributed by atoms with Crippen LogP contribution in [0.4, 0.5) is 14.6 Å². The number of aryl methyl sites for hydroxylation is 1. The van der Waals surface area contributed by atoms with Gasteiger partial charge >= 0.3 is 0 Å². The van der Waals surface area contributed by atoms with Gasteiger partial charge < -0.3 is 4.90 Å². The topological polar surface area (TPSA) is 45.2 Å². The predicted octanol–water partition coefficient (Wildman–Crippen LogP) is 2.44. The Morgan fingerprint density at radius 3 is 2.61 bits per heavy atom. The first kappa shape index (κ1) is 15.7. The van der Waals surface area contributed by atoms with Gasteiger partial charge in [0.1, 0.15) is 17.8 Å². The van der Waals surface area contributed by atoms with Gasteiger partial charge in [-0.1, -0.05) is 6.07 Å². The number of piperazine rings is 1. The Bertz CT molecular complexity index is 656. The third kappa shape index (κ3) is 3.79. The van der Waals surface area contributed by atoms with Crippen LogP contribution in [-0.2, 0) is 6.54 Å². The molecule has 0 atom stereocenters. The quantitative estimate of drug-likeness (QED) is 0.866. The van der Waals surface area contributed by atoms with E-state index in [9.17, 15) is 8.78 Å². The van der Waals surface area contributed by atoms with E-state index in [4.69, 9.17) is 0 Å². The monoisotopic (exact) mass is 319 g/mol. The van der Waals surface area contributed by atoms with Gasteiger partial charge in [0, 0.05) is 45.0 Å². The number of hydrogen-bond donors (Lipinski definition) is 0. The molecular formula is C16H19F2N5. The maximum atomic E-state index is 12.7. The van der Waals surface area contributed by atoms with Crippen LogP contribution in [0.3, 0.4) is 0 Å². The SMILES string of the molecule is Cc1cccnc1CN1CCN(c2cc(C(F)F)ncn2)CC1. The molecule has 23 heavy (non-hydrogen) atoms. The van der Waals surface area contributed by atoms with Gasteiger partial charge in [-0.2, -0.15) is 0 Å². The van der Waals surface area contributed by atoms with Crippen molar-refractivity contribution in [1.29, 1.82) is 0 Å². The first-order valence-corrected chi connectivity index (χ1v) is 7.61. The van der Waals surface area contributed by atoms with Gasteiger partial charge in [-0.25, -0.2) is 18.7 Å². The molecule has 5 nitrogen and oxygen atoms in total. The second-order valence-electron chi connectivity index (χ2n) is 5.63. The van der Waals surface area contributed by atoms with Gasteiger partial charge in [-0.05, 0) is 18.6 Å². The van der Waals surface area contributed by atoms with Crippen LogP contribution in [0.5, 0.6) is 0 Å². The zero-order valence-electron chi connectivity index (χ0n) is 13.0. The molecule has 0 bridgehead atoms. The molecule has 0 radical (unpaired) electrons. The molecule has 0 saturated carbocycles. The summed E-state index contributed by atoms with van der Waals surface area (Å²) in [4.78, 5) is 16.5. The Balaban J connectivity index is 1.60. The fraction of sp³-hybridized carbons (Fsp3) is 0.438. The van der Waals surface area contributed by atoms with Crippen molar-refractivity contribution in [2.24, 2.45) is 0 Å². The van der Waals surface area contributed by atoms with E-state index in [0.717, 1.165) is 38.4 Å². The maximum Gasteiger partial charge on any atom is 0.280 e. The number of hydrogen-bond acceptors (Lipinski definition) is 5. The Morgan fingerprint density at radius 1 is 1.13 bits per heavy atom. The average Bonchev–Trinajstić information content (AvgIpc) is 2.58. The zero-order chi connectivity index (χ0) is 16.2. The van der Waals surface area contributed by atoms with Crippen LogP contribution in [0.15, 0.2) is 30.7 Å².